The number of nitro groups is 1. The van der Waals surface area contributed by atoms with Gasteiger partial charge in [0.25, 0.3) is 11.2 Å². The number of nitrogens with two attached hydrogens (primary N) is 1. The van der Waals surface area contributed by atoms with Crippen molar-refractivity contribution in [3.8, 4) is 0 Å². The predicted octanol–water partition coefficient (Wildman–Crippen LogP) is -0.549. The van der Waals surface area contributed by atoms with Crippen molar-refractivity contribution in [2.24, 2.45) is 14.1 Å². The van der Waals surface area contributed by atoms with Gasteiger partial charge in [0.05, 0.1) is 29.4 Å². The summed E-state index contributed by atoms with van der Waals surface area (Å²) in [5.74, 6) is -2.25. The third-order valence-electron chi connectivity index (χ3n) is 5.09. The smallest absolute Gasteiger partial charge is 0.340 e. The first-order valence-electron chi connectivity index (χ1n) is 9.50. The lowest BCUT2D eigenvalue weighted by atomic mass is 10.1. The van der Waals surface area contributed by atoms with Crippen LogP contribution in [0, 0.1) is 10.1 Å². The summed E-state index contributed by atoms with van der Waals surface area (Å²) in [6.45, 7) is 0.906. The third-order valence-corrected chi connectivity index (χ3v) is 5.09. The summed E-state index contributed by atoms with van der Waals surface area (Å²) in [5.41, 5.74) is 3.59. The molecule has 0 amide bonds. The van der Waals surface area contributed by atoms with E-state index in [1.807, 2.05) is 4.90 Å². The predicted molar refractivity (Wildman–Crippen MR) is 112 cm³/mol. The number of nitro benzene ring substituents is 1. The van der Waals surface area contributed by atoms with Crippen molar-refractivity contribution in [3.05, 3.63) is 60.3 Å². The van der Waals surface area contributed by atoms with Crippen LogP contribution in [0.25, 0.3) is 0 Å². The Hall–Kier alpha value is -4.00. The summed E-state index contributed by atoms with van der Waals surface area (Å²) in [6, 6.07) is 3.77. The van der Waals surface area contributed by atoms with E-state index in [2.05, 4.69) is 0 Å². The molecule has 0 saturated carbocycles. The average molecular weight is 447 g/mol. The highest BCUT2D eigenvalue weighted by molar-refractivity contribution is 6.03. The molecule has 1 aromatic heterocycles. The number of aromatic nitrogens is 2. The van der Waals surface area contributed by atoms with Crippen LogP contribution in [0.5, 0.6) is 0 Å². The van der Waals surface area contributed by atoms with Crippen molar-refractivity contribution in [1.82, 2.24) is 9.13 Å². The van der Waals surface area contributed by atoms with Crippen LogP contribution in [0.4, 0.5) is 17.2 Å². The molecule has 1 fully saturated rings. The van der Waals surface area contributed by atoms with Crippen molar-refractivity contribution in [2.45, 2.75) is 0 Å². The Kier molecular flexibility index (Phi) is 6.39. The molecule has 1 aromatic carbocycles. The highest BCUT2D eigenvalue weighted by atomic mass is 16.6. The molecule has 2 N–H and O–H groups in total. The minimum Gasteiger partial charge on any atom is -0.454 e. The second-order valence-electron chi connectivity index (χ2n) is 7.02. The molecule has 13 nitrogen and oxygen atoms in total. The van der Waals surface area contributed by atoms with Crippen LogP contribution in [0.2, 0.25) is 0 Å². The molecule has 170 valence electrons. The number of anilines is 2. The van der Waals surface area contributed by atoms with E-state index >= 15 is 0 Å². The van der Waals surface area contributed by atoms with Crippen molar-refractivity contribution < 1.29 is 24.0 Å². The van der Waals surface area contributed by atoms with E-state index in [0.29, 0.717) is 36.6 Å². The lowest BCUT2D eigenvalue weighted by Crippen LogP contribution is -2.42. The maximum Gasteiger partial charge on any atom is 0.340 e. The summed E-state index contributed by atoms with van der Waals surface area (Å²) in [4.78, 5) is 61.9. The molecule has 13 heteroatoms. The monoisotopic (exact) mass is 447 g/mol. The number of nitrogen functional groups attached to an aromatic ring is 1. The molecule has 1 aliphatic rings. The second-order valence-corrected chi connectivity index (χ2v) is 7.02. The number of carbonyl (C=O) groups excluding carboxylic acids is 2. The Morgan fingerprint density at radius 3 is 2.47 bits per heavy atom. The van der Waals surface area contributed by atoms with Crippen molar-refractivity contribution in [1.29, 1.82) is 0 Å². The Bertz CT molecular complexity index is 1210. The first-order chi connectivity index (χ1) is 15.1. The number of hydrogen-bond acceptors (Lipinski definition) is 10. The molecule has 1 saturated heterocycles. The zero-order chi connectivity index (χ0) is 23.6. The Labute approximate surface area is 180 Å². The fraction of sp³-hybridized carbons (Fsp3) is 0.368. The fourth-order valence-corrected chi connectivity index (χ4v) is 3.28. The summed E-state index contributed by atoms with van der Waals surface area (Å²) >= 11 is 0. The first-order valence-corrected chi connectivity index (χ1v) is 9.50. The normalized spacial score (nSPS) is 13.6. The lowest BCUT2D eigenvalue weighted by molar-refractivity contribution is -0.384. The molecular weight excluding hydrogens is 426 g/mol. The molecule has 0 atom stereocenters. The van der Waals surface area contributed by atoms with Gasteiger partial charge in [-0.15, -0.1) is 0 Å². The number of ketones is 1. The van der Waals surface area contributed by atoms with Gasteiger partial charge in [0.2, 0.25) is 5.78 Å². The fourth-order valence-electron chi connectivity index (χ4n) is 3.28. The molecule has 1 aliphatic heterocycles. The van der Waals surface area contributed by atoms with Crippen molar-refractivity contribution in [2.75, 3.05) is 43.5 Å². The van der Waals surface area contributed by atoms with E-state index < -0.39 is 40.1 Å². The number of Topliss-reactive ketones (excluding diaryl/α,β-unsaturated/α-hetero) is 1. The standard InChI is InChI=1S/C19H21N5O8/c1-21-16(20)15(17(26)22(2)19(21)28)14(25)10-32-18(27)12-9-11(24(29)30)3-4-13(12)23-5-7-31-8-6-23/h3-4,9H,5-8,10,20H2,1-2H3. The summed E-state index contributed by atoms with van der Waals surface area (Å²) in [6.07, 6.45) is 0. The van der Waals surface area contributed by atoms with Crippen LogP contribution in [-0.4, -0.2) is 58.7 Å². The van der Waals surface area contributed by atoms with Crippen LogP contribution < -0.4 is 21.9 Å². The van der Waals surface area contributed by atoms with E-state index in [4.69, 9.17) is 15.2 Å². The third kappa shape index (κ3) is 4.23. The number of rotatable bonds is 6. The van der Waals surface area contributed by atoms with E-state index in [9.17, 15) is 29.3 Å². The van der Waals surface area contributed by atoms with Gasteiger partial charge < -0.3 is 20.1 Å². The second kappa shape index (κ2) is 9.01. The Morgan fingerprint density at radius 2 is 1.84 bits per heavy atom. The molecule has 0 aliphatic carbocycles. The maximum absolute atomic E-state index is 12.8. The van der Waals surface area contributed by atoms with E-state index in [1.165, 1.54) is 26.2 Å². The van der Waals surface area contributed by atoms with Gasteiger partial charge in [-0.3, -0.25) is 28.8 Å². The molecule has 0 spiro atoms. The largest absolute Gasteiger partial charge is 0.454 e. The molecule has 32 heavy (non-hydrogen) atoms. The summed E-state index contributed by atoms with van der Waals surface area (Å²) < 4.78 is 12.0. The van der Waals surface area contributed by atoms with Crippen LogP contribution in [0.1, 0.15) is 20.7 Å². The number of morpholine rings is 1. The molecule has 0 radical (unpaired) electrons. The van der Waals surface area contributed by atoms with Gasteiger partial charge in [-0.05, 0) is 6.07 Å². The Morgan fingerprint density at radius 1 is 1.19 bits per heavy atom. The maximum atomic E-state index is 12.8. The molecule has 0 bridgehead atoms. The minimum atomic E-state index is -0.983. The highest BCUT2D eigenvalue weighted by Crippen LogP contribution is 2.27. The van der Waals surface area contributed by atoms with Gasteiger partial charge in [-0.25, -0.2) is 9.59 Å². The zero-order valence-corrected chi connectivity index (χ0v) is 17.4. The van der Waals surface area contributed by atoms with Gasteiger partial charge in [-0.1, -0.05) is 0 Å². The lowest BCUT2D eigenvalue weighted by Gasteiger charge is -2.30. The van der Waals surface area contributed by atoms with Gasteiger partial charge in [0.15, 0.2) is 6.61 Å². The van der Waals surface area contributed by atoms with Gasteiger partial charge in [-0.2, -0.15) is 0 Å². The van der Waals surface area contributed by atoms with Crippen LogP contribution in [-0.2, 0) is 23.6 Å². The minimum absolute atomic E-state index is 0.102. The van der Waals surface area contributed by atoms with Crippen LogP contribution >= 0.6 is 0 Å². The molecule has 2 aromatic rings. The molecular formula is C19H21N5O8. The van der Waals surface area contributed by atoms with Gasteiger partial charge >= 0.3 is 11.7 Å². The zero-order valence-electron chi connectivity index (χ0n) is 17.4. The van der Waals surface area contributed by atoms with Gasteiger partial charge in [0.1, 0.15) is 11.4 Å². The number of carbonyl (C=O) groups is 2. The van der Waals surface area contributed by atoms with Crippen molar-refractivity contribution in [3.63, 3.8) is 0 Å². The summed E-state index contributed by atoms with van der Waals surface area (Å²) in [5, 5.41) is 11.2. The first kappa shape index (κ1) is 22.7. The SMILES string of the molecule is Cn1c(N)c(C(=O)COC(=O)c2cc([N+](=O)[O-])ccc2N2CCOCC2)c(=O)n(C)c1=O. The number of benzene rings is 1. The summed E-state index contributed by atoms with van der Waals surface area (Å²) in [7, 11) is 2.47. The molecule has 3 rings (SSSR count). The highest BCUT2D eigenvalue weighted by Gasteiger charge is 2.25. The number of non-ortho nitro benzene ring substituents is 1. The average Bonchev–Trinajstić information content (AvgIpc) is 2.80. The molecule has 2 heterocycles. The quantitative estimate of drug-likeness (QED) is 0.262. The Balaban J connectivity index is 1.88. The van der Waals surface area contributed by atoms with E-state index in [-0.39, 0.29) is 17.1 Å². The van der Waals surface area contributed by atoms with Crippen LogP contribution in [0.3, 0.4) is 0 Å². The van der Waals surface area contributed by atoms with E-state index in [1.54, 1.807) is 0 Å². The topological polar surface area (TPSA) is 169 Å². The van der Waals surface area contributed by atoms with Crippen molar-refractivity contribution >= 4 is 28.9 Å². The molecule has 0 unspecified atom stereocenters. The number of hydrogen-bond donors (Lipinski definition) is 1. The van der Waals surface area contributed by atoms with Gasteiger partial charge in [0, 0.05) is 39.3 Å². The van der Waals surface area contributed by atoms with Crippen LogP contribution in [0.15, 0.2) is 27.8 Å². The van der Waals surface area contributed by atoms with E-state index in [0.717, 1.165) is 10.6 Å². The number of ether oxygens (including phenoxy) is 2. The number of nitrogens with zero attached hydrogens (tertiary/aromatic N) is 4. The number of esters is 1.